The predicted octanol–water partition coefficient (Wildman–Crippen LogP) is 13.8. The van der Waals surface area contributed by atoms with E-state index in [1.165, 1.54) is 35.0 Å². The molecule has 0 saturated heterocycles. The molecule has 0 aliphatic rings. The maximum atomic E-state index is 13.6. The van der Waals surface area contributed by atoms with E-state index in [4.69, 9.17) is 4.42 Å². The van der Waals surface area contributed by atoms with E-state index in [0.29, 0.717) is 0 Å². The second-order valence-electron chi connectivity index (χ2n) is 13.3. The van der Waals surface area contributed by atoms with Crippen molar-refractivity contribution < 1.29 is 13.2 Å². The molecule has 252 valence electrons. The number of anilines is 3. The summed E-state index contributed by atoms with van der Waals surface area (Å²) in [6, 6.07) is 59.4. The fourth-order valence-electron chi connectivity index (χ4n) is 7.57. The van der Waals surface area contributed by atoms with Gasteiger partial charge in [0, 0.05) is 50.4 Å². The second kappa shape index (κ2) is 12.4. The average Bonchev–Trinajstić information content (AvgIpc) is 3.74. The molecule has 2 aromatic heterocycles. The number of halogens is 2. The van der Waals surface area contributed by atoms with E-state index in [0.717, 1.165) is 78.0 Å². The maximum absolute atomic E-state index is 13.6. The zero-order chi connectivity index (χ0) is 35.5. The number of hydrogen-bond acceptors (Lipinski definition) is 2. The van der Waals surface area contributed by atoms with Gasteiger partial charge in [-0.05, 0) is 113 Å². The minimum atomic E-state index is -0.260. The summed E-state index contributed by atoms with van der Waals surface area (Å²) in [4.78, 5) is 2.19. The van der Waals surface area contributed by atoms with E-state index < -0.39 is 0 Å². The number of nitrogens with zero attached hydrogens (tertiary/aromatic N) is 2. The molecule has 0 saturated carbocycles. The summed E-state index contributed by atoms with van der Waals surface area (Å²) >= 11 is 0. The van der Waals surface area contributed by atoms with Crippen molar-refractivity contribution >= 4 is 60.8 Å². The fraction of sp³-hybridized carbons (Fsp3) is 0. The van der Waals surface area contributed by atoms with Gasteiger partial charge in [-0.1, -0.05) is 84.9 Å². The number of fused-ring (bicyclic) bond motifs is 6. The lowest BCUT2D eigenvalue weighted by Gasteiger charge is -2.26. The lowest BCUT2D eigenvalue weighted by atomic mass is 10.0. The van der Waals surface area contributed by atoms with Crippen LogP contribution in [0.25, 0.3) is 71.7 Å². The molecular weight excluding hydrogens is 659 g/mol. The minimum absolute atomic E-state index is 0.260. The van der Waals surface area contributed by atoms with Crippen LogP contribution < -0.4 is 4.90 Å². The molecule has 0 fully saturated rings. The highest BCUT2D eigenvalue weighted by atomic mass is 19.1. The van der Waals surface area contributed by atoms with Crippen LogP contribution in [-0.4, -0.2) is 4.57 Å². The Bertz CT molecular complexity index is 2800. The zero-order valence-corrected chi connectivity index (χ0v) is 28.4. The molecular formula is C48H30F2N2O. The van der Waals surface area contributed by atoms with Crippen molar-refractivity contribution in [3.8, 4) is 27.9 Å². The van der Waals surface area contributed by atoms with Gasteiger partial charge in [-0.2, -0.15) is 0 Å². The number of benzene rings is 8. The summed E-state index contributed by atoms with van der Waals surface area (Å²) in [5, 5.41) is 4.53. The van der Waals surface area contributed by atoms with E-state index in [1.807, 2.05) is 0 Å². The van der Waals surface area contributed by atoms with E-state index in [2.05, 4.69) is 143 Å². The first-order valence-corrected chi connectivity index (χ1v) is 17.5. The number of para-hydroxylation sites is 2. The minimum Gasteiger partial charge on any atom is -0.456 e. The molecule has 2 heterocycles. The molecule has 0 radical (unpaired) electrons. The van der Waals surface area contributed by atoms with Crippen LogP contribution in [0.3, 0.4) is 0 Å². The summed E-state index contributed by atoms with van der Waals surface area (Å²) < 4.78 is 36.2. The number of furan rings is 1. The largest absolute Gasteiger partial charge is 0.456 e. The molecule has 8 aromatic carbocycles. The maximum Gasteiger partial charge on any atom is 0.137 e. The number of aromatic nitrogens is 1. The molecule has 0 aliphatic carbocycles. The van der Waals surface area contributed by atoms with Crippen molar-refractivity contribution in [3.05, 3.63) is 194 Å². The van der Waals surface area contributed by atoms with E-state index in [-0.39, 0.29) is 11.6 Å². The van der Waals surface area contributed by atoms with Gasteiger partial charge < -0.3 is 13.9 Å². The van der Waals surface area contributed by atoms with Gasteiger partial charge in [0.15, 0.2) is 0 Å². The molecule has 0 spiro atoms. The SMILES string of the molecule is Fc1ccc(-c2ccc(N(c3ccc(-c4ccc(F)cc4)cc3)c3ccc4c(c3)oc3ccc(-n5c6ccccc6c6ccccc65)cc34)cc2)cc1. The first-order valence-electron chi connectivity index (χ1n) is 17.5. The van der Waals surface area contributed by atoms with E-state index >= 15 is 0 Å². The van der Waals surface area contributed by atoms with Crippen LogP contribution in [-0.2, 0) is 0 Å². The second-order valence-corrected chi connectivity index (χ2v) is 13.3. The van der Waals surface area contributed by atoms with Crippen LogP contribution in [0.2, 0.25) is 0 Å². The first kappa shape index (κ1) is 30.8. The topological polar surface area (TPSA) is 21.3 Å². The van der Waals surface area contributed by atoms with Gasteiger partial charge in [0.2, 0.25) is 0 Å². The molecule has 0 N–H and O–H groups in total. The number of rotatable bonds is 6. The van der Waals surface area contributed by atoms with Crippen LogP contribution in [0, 0.1) is 11.6 Å². The normalized spacial score (nSPS) is 11.6. The molecule has 3 nitrogen and oxygen atoms in total. The Kier molecular flexibility index (Phi) is 7.18. The van der Waals surface area contributed by atoms with Crippen LogP contribution in [0.15, 0.2) is 186 Å². The molecule has 5 heteroatoms. The van der Waals surface area contributed by atoms with Crippen molar-refractivity contribution in [2.75, 3.05) is 4.90 Å². The van der Waals surface area contributed by atoms with Gasteiger partial charge >= 0.3 is 0 Å². The first-order chi connectivity index (χ1) is 26.1. The van der Waals surface area contributed by atoms with Crippen molar-refractivity contribution in [1.29, 1.82) is 0 Å². The Hall–Kier alpha value is -6.98. The number of hydrogen-bond donors (Lipinski definition) is 0. The average molecular weight is 689 g/mol. The van der Waals surface area contributed by atoms with Gasteiger partial charge in [0.05, 0.1) is 11.0 Å². The van der Waals surface area contributed by atoms with Crippen molar-refractivity contribution in [2.24, 2.45) is 0 Å². The lowest BCUT2D eigenvalue weighted by molar-refractivity contribution is 0.627. The molecule has 0 unspecified atom stereocenters. The molecule has 0 amide bonds. The van der Waals surface area contributed by atoms with Crippen LogP contribution in [0.4, 0.5) is 25.8 Å². The van der Waals surface area contributed by atoms with Gasteiger partial charge in [-0.3, -0.25) is 0 Å². The van der Waals surface area contributed by atoms with E-state index in [1.54, 1.807) is 24.3 Å². The third kappa shape index (κ3) is 5.33. The summed E-state index contributed by atoms with van der Waals surface area (Å²) in [5.74, 6) is -0.519. The van der Waals surface area contributed by atoms with Crippen molar-refractivity contribution in [2.45, 2.75) is 0 Å². The van der Waals surface area contributed by atoms with Crippen LogP contribution in [0.5, 0.6) is 0 Å². The molecule has 10 rings (SSSR count). The predicted molar refractivity (Wildman–Crippen MR) is 214 cm³/mol. The smallest absolute Gasteiger partial charge is 0.137 e. The molecule has 0 aliphatic heterocycles. The lowest BCUT2D eigenvalue weighted by Crippen LogP contribution is -2.09. The van der Waals surface area contributed by atoms with Gasteiger partial charge in [-0.25, -0.2) is 8.78 Å². The quantitative estimate of drug-likeness (QED) is 0.173. The van der Waals surface area contributed by atoms with Gasteiger partial charge in [0.25, 0.3) is 0 Å². The Balaban J connectivity index is 1.08. The Morgan fingerprint density at radius 3 is 1.38 bits per heavy atom. The molecule has 0 atom stereocenters. The molecule has 10 aromatic rings. The summed E-state index contributed by atoms with van der Waals surface area (Å²) in [6.45, 7) is 0. The monoisotopic (exact) mass is 688 g/mol. The van der Waals surface area contributed by atoms with Crippen molar-refractivity contribution in [1.82, 2.24) is 4.57 Å². The Morgan fingerprint density at radius 2 is 0.849 bits per heavy atom. The van der Waals surface area contributed by atoms with E-state index in [9.17, 15) is 8.78 Å². The Labute approximate surface area is 304 Å². The Morgan fingerprint density at radius 1 is 0.377 bits per heavy atom. The summed E-state index contributed by atoms with van der Waals surface area (Å²) in [6.07, 6.45) is 0. The molecule has 0 bridgehead atoms. The molecule has 53 heavy (non-hydrogen) atoms. The highest BCUT2D eigenvalue weighted by molar-refractivity contribution is 6.11. The van der Waals surface area contributed by atoms with Crippen LogP contribution in [0.1, 0.15) is 0 Å². The summed E-state index contributed by atoms with van der Waals surface area (Å²) in [5.41, 5.74) is 11.7. The van der Waals surface area contributed by atoms with Crippen LogP contribution >= 0.6 is 0 Å². The standard InChI is InChI=1S/C48H30F2N2O/c49-35-17-9-31(10-18-35)33-13-21-37(22-14-33)51(38-23-15-34(16-24-38)32-11-19-36(50)20-12-32)40-25-27-43-44-29-39(26-28-47(44)53-48(43)30-40)52-45-7-3-1-5-41(45)42-6-2-4-8-46(42)52/h1-30H. The van der Waals surface area contributed by atoms with Crippen molar-refractivity contribution in [3.63, 3.8) is 0 Å². The van der Waals surface area contributed by atoms with Gasteiger partial charge in [0.1, 0.15) is 22.8 Å². The highest BCUT2D eigenvalue weighted by Crippen LogP contribution is 2.41. The zero-order valence-electron chi connectivity index (χ0n) is 28.4. The highest BCUT2D eigenvalue weighted by Gasteiger charge is 2.18. The van der Waals surface area contributed by atoms with Gasteiger partial charge in [-0.15, -0.1) is 0 Å². The third-order valence-electron chi connectivity index (χ3n) is 10.1. The third-order valence-corrected chi connectivity index (χ3v) is 10.1. The fourth-order valence-corrected chi connectivity index (χ4v) is 7.57. The summed E-state index contributed by atoms with van der Waals surface area (Å²) in [7, 11) is 0.